The summed E-state index contributed by atoms with van der Waals surface area (Å²) in [6.45, 7) is 0. The maximum atomic E-state index is 13.3. The Kier molecular flexibility index (Phi) is 3.51. The van der Waals surface area contributed by atoms with Crippen LogP contribution in [0.4, 0.5) is 10.1 Å². The van der Waals surface area contributed by atoms with Crippen LogP contribution in [0.25, 0.3) is 0 Å². The van der Waals surface area contributed by atoms with Crippen molar-refractivity contribution in [2.24, 2.45) is 0 Å². The molecule has 0 saturated heterocycles. The zero-order chi connectivity index (χ0) is 14.7. The minimum absolute atomic E-state index is 0.0227. The Bertz CT molecular complexity index is 674. The summed E-state index contributed by atoms with van der Waals surface area (Å²) in [5, 5.41) is 19.1. The third-order valence-corrected chi connectivity index (χ3v) is 2.19. The summed E-state index contributed by atoms with van der Waals surface area (Å²) in [6, 6.07) is 2.96. The Balaban J connectivity index is 2.19. The highest BCUT2D eigenvalue weighted by molar-refractivity contribution is 5.84. The summed E-state index contributed by atoms with van der Waals surface area (Å²) in [4.78, 5) is 27.4. The van der Waals surface area contributed by atoms with Gasteiger partial charge in [0.1, 0.15) is 5.75 Å². The maximum absolute atomic E-state index is 13.3. The zero-order valence-electron chi connectivity index (χ0n) is 9.69. The molecule has 0 bridgehead atoms. The minimum atomic E-state index is -1.24. The summed E-state index contributed by atoms with van der Waals surface area (Å²) >= 11 is 0. The normalized spacial score (nSPS) is 10.1. The van der Waals surface area contributed by atoms with E-state index in [2.05, 4.69) is 9.97 Å². The highest BCUT2D eigenvalue weighted by Crippen LogP contribution is 2.25. The van der Waals surface area contributed by atoms with Gasteiger partial charge < -0.3 is 9.84 Å². The molecule has 2 aromatic rings. The van der Waals surface area contributed by atoms with Crippen LogP contribution in [0.3, 0.4) is 0 Å². The number of ether oxygens (including phenoxy) is 1. The van der Waals surface area contributed by atoms with E-state index in [9.17, 15) is 19.3 Å². The molecule has 0 aliphatic carbocycles. The molecule has 0 fully saturated rings. The first kappa shape index (κ1) is 13.3. The molecule has 0 atom stereocenters. The van der Waals surface area contributed by atoms with Crippen LogP contribution in [0.1, 0.15) is 10.5 Å². The molecular formula is C11H6FN3O5. The van der Waals surface area contributed by atoms with Crippen LogP contribution in [0, 0.1) is 15.9 Å². The second-order valence-electron chi connectivity index (χ2n) is 3.52. The summed E-state index contributed by atoms with van der Waals surface area (Å²) < 4.78 is 18.4. The van der Waals surface area contributed by atoms with Crippen LogP contribution in [-0.4, -0.2) is 26.0 Å². The standard InChI is InChI=1S/C11H6FN3O5/c12-7-3-6(1-2-9(7)15(18)19)20-10-5-13-8(4-14-10)11(16)17/h1-5H,(H,16,17). The number of aromatic nitrogens is 2. The lowest BCUT2D eigenvalue weighted by Crippen LogP contribution is -2.01. The van der Waals surface area contributed by atoms with Crippen LogP contribution in [-0.2, 0) is 0 Å². The van der Waals surface area contributed by atoms with E-state index in [0.717, 1.165) is 24.5 Å². The number of nitro benzene ring substituents is 1. The third-order valence-electron chi connectivity index (χ3n) is 2.19. The molecule has 0 amide bonds. The van der Waals surface area contributed by atoms with Crippen molar-refractivity contribution in [1.82, 2.24) is 9.97 Å². The van der Waals surface area contributed by atoms with Gasteiger partial charge in [-0.05, 0) is 6.07 Å². The molecule has 0 aliphatic heterocycles. The molecule has 1 aromatic carbocycles. The fraction of sp³-hybridized carbons (Fsp3) is 0. The molecular weight excluding hydrogens is 273 g/mol. The van der Waals surface area contributed by atoms with Gasteiger partial charge in [-0.3, -0.25) is 10.1 Å². The maximum Gasteiger partial charge on any atom is 0.356 e. The van der Waals surface area contributed by atoms with Crippen LogP contribution < -0.4 is 4.74 Å². The molecule has 0 radical (unpaired) electrons. The first-order chi connectivity index (χ1) is 9.47. The Labute approximate surface area is 110 Å². The van der Waals surface area contributed by atoms with E-state index in [1.54, 1.807) is 0 Å². The Morgan fingerprint density at radius 3 is 2.60 bits per heavy atom. The molecule has 0 unspecified atom stereocenters. The predicted octanol–water partition coefficient (Wildman–Crippen LogP) is 2.01. The van der Waals surface area contributed by atoms with Gasteiger partial charge in [0.05, 0.1) is 17.3 Å². The summed E-state index contributed by atoms with van der Waals surface area (Å²) in [5.41, 5.74) is -0.947. The Morgan fingerprint density at radius 1 is 1.35 bits per heavy atom. The van der Waals surface area contributed by atoms with E-state index in [4.69, 9.17) is 9.84 Å². The van der Waals surface area contributed by atoms with Crippen molar-refractivity contribution >= 4 is 11.7 Å². The van der Waals surface area contributed by atoms with Crippen molar-refractivity contribution in [3.63, 3.8) is 0 Å². The molecule has 102 valence electrons. The molecule has 2 rings (SSSR count). The molecule has 20 heavy (non-hydrogen) atoms. The lowest BCUT2D eigenvalue weighted by molar-refractivity contribution is -0.387. The number of carbonyl (C=O) groups is 1. The average molecular weight is 279 g/mol. The number of benzene rings is 1. The van der Waals surface area contributed by atoms with E-state index in [0.29, 0.717) is 0 Å². The molecule has 1 aromatic heterocycles. The highest BCUT2D eigenvalue weighted by atomic mass is 19.1. The molecule has 0 saturated carbocycles. The first-order valence-corrected chi connectivity index (χ1v) is 5.14. The van der Waals surface area contributed by atoms with E-state index < -0.39 is 22.4 Å². The van der Waals surface area contributed by atoms with Crippen molar-refractivity contribution in [1.29, 1.82) is 0 Å². The smallest absolute Gasteiger partial charge is 0.356 e. The molecule has 0 aliphatic rings. The van der Waals surface area contributed by atoms with Crippen molar-refractivity contribution in [2.45, 2.75) is 0 Å². The Hall–Kier alpha value is -3.10. The fourth-order valence-corrected chi connectivity index (χ4v) is 1.30. The van der Waals surface area contributed by atoms with Gasteiger partial charge >= 0.3 is 11.7 Å². The van der Waals surface area contributed by atoms with Gasteiger partial charge in [0.2, 0.25) is 11.7 Å². The quantitative estimate of drug-likeness (QED) is 0.672. The van der Waals surface area contributed by atoms with Gasteiger partial charge in [-0.1, -0.05) is 0 Å². The number of nitrogens with zero attached hydrogens (tertiary/aromatic N) is 3. The SMILES string of the molecule is O=C(O)c1cnc(Oc2ccc([N+](=O)[O-])c(F)c2)cn1. The molecule has 1 heterocycles. The topological polar surface area (TPSA) is 115 Å². The minimum Gasteiger partial charge on any atom is -0.476 e. The third kappa shape index (κ3) is 2.83. The molecule has 1 N–H and O–H groups in total. The average Bonchev–Trinajstić information content (AvgIpc) is 2.39. The number of nitro groups is 1. The number of carboxylic acids is 1. The number of hydrogen-bond donors (Lipinski definition) is 1. The molecule has 8 nitrogen and oxygen atoms in total. The Morgan fingerprint density at radius 2 is 2.10 bits per heavy atom. The van der Waals surface area contributed by atoms with Crippen molar-refractivity contribution in [2.75, 3.05) is 0 Å². The number of rotatable bonds is 4. The zero-order valence-corrected chi connectivity index (χ0v) is 9.69. The highest BCUT2D eigenvalue weighted by Gasteiger charge is 2.15. The number of carboxylic acid groups (broad SMARTS) is 1. The second kappa shape index (κ2) is 5.26. The van der Waals surface area contributed by atoms with Crippen LogP contribution in [0.5, 0.6) is 11.6 Å². The van der Waals surface area contributed by atoms with Gasteiger partial charge in [-0.15, -0.1) is 0 Å². The molecule has 0 spiro atoms. The molecule has 9 heteroatoms. The second-order valence-corrected chi connectivity index (χ2v) is 3.52. The van der Waals surface area contributed by atoms with E-state index >= 15 is 0 Å². The fourth-order valence-electron chi connectivity index (χ4n) is 1.30. The number of aromatic carboxylic acids is 1. The summed E-state index contributed by atoms with van der Waals surface area (Å²) in [5.74, 6) is -2.39. The number of halogens is 1. The lowest BCUT2D eigenvalue weighted by Gasteiger charge is -2.04. The van der Waals surface area contributed by atoms with Gasteiger partial charge in [0, 0.05) is 12.1 Å². The van der Waals surface area contributed by atoms with Crippen LogP contribution >= 0.6 is 0 Å². The monoisotopic (exact) mass is 279 g/mol. The van der Waals surface area contributed by atoms with E-state index in [1.165, 1.54) is 6.07 Å². The van der Waals surface area contributed by atoms with Crippen molar-refractivity contribution in [3.8, 4) is 11.6 Å². The van der Waals surface area contributed by atoms with Gasteiger partial charge in [0.25, 0.3) is 0 Å². The number of hydrogen-bond acceptors (Lipinski definition) is 6. The van der Waals surface area contributed by atoms with E-state index in [-0.39, 0.29) is 17.3 Å². The van der Waals surface area contributed by atoms with Crippen molar-refractivity contribution < 1.29 is 24.0 Å². The first-order valence-electron chi connectivity index (χ1n) is 5.14. The van der Waals surface area contributed by atoms with Gasteiger partial charge in [-0.2, -0.15) is 4.39 Å². The summed E-state index contributed by atoms with van der Waals surface area (Å²) in [6.07, 6.45) is 2.02. The van der Waals surface area contributed by atoms with Crippen molar-refractivity contribution in [3.05, 3.63) is 52.2 Å². The van der Waals surface area contributed by atoms with Crippen LogP contribution in [0.2, 0.25) is 0 Å². The summed E-state index contributed by atoms with van der Waals surface area (Å²) in [7, 11) is 0. The largest absolute Gasteiger partial charge is 0.476 e. The van der Waals surface area contributed by atoms with E-state index in [1.807, 2.05) is 0 Å². The lowest BCUT2D eigenvalue weighted by atomic mass is 10.3. The van der Waals surface area contributed by atoms with Gasteiger partial charge in [0.15, 0.2) is 5.69 Å². The van der Waals surface area contributed by atoms with Crippen LogP contribution in [0.15, 0.2) is 30.6 Å². The van der Waals surface area contributed by atoms with Gasteiger partial charge in [-0.25, -0.2) is 14.8 Å². The predicted molar refractivity (Wildman–Crippen MR) is 62.1 cm³/mol.